The molecule has 0 bridgehead atoms. The highest BCUT2D eigenvalue weighted by atomic mass is 127. The maximum Gasteiger partial charge on any atom is 0.361 e. The van der Waals surface area contributed by atoms with E-state index >= 15 is 0 Å². The molecule has 1 aliphatic heterocycles. The number of fused-ring (bicyclic) bond motifs is 2. The molecule has 0 saturated heterocycles. The van der Waals surface area contributed by atoms with Crippen molar-refractivity contribution in [1.29, 1.82) is 0 Å². The van der Waals surface area contributed by atoms with Crippen molar-refractivity contribution in [2.75, 3.05) is 36.6 Å². The van der Waals surface area contributed by atoms with E-state index in [-0.39, 0.29) is 26.4 Å². The lowest BCUT2D eigenvalue weighted by Gasteiger charge is -2.28. The first kappa shape index (κ1) is 52.2. The zero-order chi connectivity index (χ0) is 48.6. The molecule has 1 aliphatic rings. The molecule has 358 valence electrons. The second-order valence-corrected chi connectivity index (χ2v) is 22.5. The third-order valence-corrected chi connectivity index (χ3v) is 18.2. The summed E-state index contributed by atoms with van der Waals surface area (Å²) in [5.41, 5.74) is 7.42. The van der Waals surface area contributed by atoms with Crippen LogP contribution < -0.4 is 30.3 Å². The lowest BCUT2D eigenvalue weighted by Crippen LogP contribution is -2.40. The van der Waals surface area contributed by atoms with Crippen LogP contribution in [0.3, 0.4) is 0 Å². The van der Waals surface area contributed by atoms with Crippen molar-refractivity contribution in [3.8, 4) is 17.5 Å². The Morgan fingerprint density at radius 3 is 1.69 bits per heavy atom. The number of imidazole rings is 1. The van der Waals surface area contributed by atoms with Crippen molar-refractivity contribution < 1.29 is 36.7 Å². The number of halogens is 4. The normalized spacial score (nSPS) is 13.5. The smallest absolute Gasteiger partial charge is 0.361 e. The van der Waals surface area contributed by atoms with Gasteiger partial charge in [0.25, 0.3) is 6.35 Å². The SMILES string of the molecule is CCOP(=O)(OCC)c1cc(OC2Nc3cc(I)c(Cl)cc3N2Cc2ccccc2)ccc1C.CCOP(=O)(OCC)c1cc(Oc2nc3cc(Cl)c(I)cc3n2Cc2ccccc2)ccc1C. The van der Waals surface area contributed by atoms with Gasteiger partial charge < -0.3 is 37.8 Å². The molecule has 68 heavy (non-hydrogen) atoms. The molecule has 0 amide bonds. The van der Waals surface area contributed by atoms with Gasteiger partial charge in [-0.1, -0.05) is 96.0 Å². The molecular formula is C50H52Cl2I2N4O8P2. The minimum Gasteiger partial charge on any atom is -0.452 e. The summed E-state index contributed by atoms with van der Waals surface area (Å²) in [7, 11) is -6.93. The van der Waals surface area contributed by atoms with Gasteiger partial charge in [-0.15, -0.1) is 0 Å². The molecule has 1 atom stereocenters. The summed E-state index contributed by atoms with van der Waals surface area (Å²) >= 11 is 17.2. The Labute approximate surface area is 435 Å². The first-order valence-corrected chi connectivity index (χ1v) is 28.0. The van der Waals surface area contributed by atoms with Crippen LogP contribution in [0, 0.1) is 21.0 Å². The predicted octanol–water partition coefficient (Wildman–Crippen LogP) is 14.3. The average Bonchev–Trinajstić information content (AvgIpc) is 3.80. The van der Waals surface area contributed by atoms with Gasteiger partial charge in [-0.25, -0.2) is 0 Å². The van der Waals surface area contributed by atoms with E-state index in [0.29, 0.717) is 51.3 Å². The number of ether oxygens (including phenoxy) is 2. The van der Waals surface area contributed by atoms with Crippen molar-refractivity contribution in [3.05, 3.63) is 161 Å². The van der Waals surface area contributed by atoms with Crippen molar-refractivity contribution in [1.82, 2.24) is 9.55 Å². The highest BCUT2D eigenvalue weighted by Crippen LogP contribution is 2.50. The second kappa shape index (κ2) is 23.5. The van der Waals surface area contributed by atoms with Gasteiger partial charge in [0.05, 0.1) is 76.0 Å². The van der Waals surface area contributed by atoms with E-state index in [1.54, 1.807) is 39.8 Å². The minimum atomic E-state index is -3.47. The van der Waals surface area contributed by atoms with Gasteiger partial charge >= 0.3 is 21.2 Å². The average molecular weight is 1220 g/mol. The van der Waals surface area contributed by atoms with Gasteiger partial charge in [0, 0.05) is 13.7 Å². The molecule has 6 aromatic carbocycles. The molecule has 7 aromatic rings. The van der Waals surface area contributed by atoms with Crippen molar-refractivity contribution in [2.45, 2.75) is 61.0 Å². The molecule has 18 heteroatoms. The molecule has 8 rings (SSSR count). The summed E-state index contributed by atoms with van der Waals surface area (Å²) < 4.78 is 65.7. The van der Waals surface area contributed by atoms with Crippen LogP contribution in [-0.2, 0) is 40.3 Å². The Hall–Kier alpha value is -3.67. The number of hydrogen-bond donors (Lipinski definition) is 1. The maximum atomic E-state index is 13.4. The fourth-order valence-electron chi connectivity index (χ4n) is 7.54. The van der Waals surface area contributed by atoms with Crippen LogP contribution in [0.2, 0.25) is 10.0 Å². The van der Waals surface area contributed by atoms with Crippen molar-refractivity contribution in [2.24, 2.45) is 0 Å². The van der Waals surface area contributed by atoms with Gasteiger partial charge in [-0.2, -0.15) is 4.98 Å². The fourth-order valence-corrected chi connectivity index (χ4v) is 12.4. The summed E-state index contributed by atoms with van der Waals surface area (Å²) in [6.45, 7) is 13.2. The second-order valence-electron chi connectivity index (χ2n) is 15.4. The largest absolute Gasteiger partial charge is 0.452 e. The van der Waals surface area contributed by atoms with E-state index in [4.69, 9.17) is 55.8 Å². The molecule has 0 aliphatic carbocycles. The van der Waals surface area contributed by atoms with Crippen LogP contribution >= 0.6 is 83.6 Å². The molecule has 1 aromatic heterocycles. The third kappa shape index (κ3) is 12.3. The Morgan fingerprint density at radius 2 is 1.13 bits per heavy atom. The summed E-state index contributed by atoms with van der Waals surface area (Å²) in [4.78, 5) is 6.84. The van der Waals surface area contributed by atoms with Crippen LogP contribution in [0.5, 0.6) is 17.5 Å². The van der Waals surface area contributed by atoms with Gasteiger partial charge in [-0.3, -0.25) is 13.7 Å². The highest BCUT2D eigenvalue weighted by molar-refractivity contribution is 14.1. The zero-order valence-electron chi connectivity index (χ0n) is 38.4. The standard InChI is InChI=1S/C25H27ClIN2O4P.C25H25ClIN2O4P/c1-4-31-34(30,32-5-2)24-13-19(12-11-17(24)3)33-25-28-22-15-21(27)20(26)14-23(22)29(25)16-18-9-7-6-8-10-18;1-4-31-34(30,32-5-2)24-13-19(12-11-17(24)3)33-25-28-22-14-20(26)21(27)15-23(22)29(25)16-18-9-7-6-8-10-18/h6-15,25,28H,4-5,16H2,1-3H3;6-15H,4-5,16H2,1-3H3. The van der Waals surface area contributed by atoms with E-state index in [1.165, 1.54) is 0 Å². The predicted molar refractivity (Wildman–Crippen MR) is 291 cm³/mol. The van der Waals surface area contributed by atoms with E-state index in [2.05, 4.69) is 79.7 Å². The van der Waals surface area contributed by atoms with Crippen LogP contribution in [0.15, 0.2) is 121 Å². The number of aryl methyl sites for hydroxylation is 2. The Bertz CT molecular complexity index is 2950. The van der Waals surface area contributed by atoms with E-state index in [0.717, 1.165) is 51.8 Å². The number of nitrogens with one attached hydrogen (secondary N) is 1. The van der Waals surface area contributed by atoms with E-state index in [1.807, 2.05) is 103 Å². The molecule has 12 nitrogen and oxygen atoms in total. The van der Waals surface area contributed by atoms with Crippen molar-refractivity contribution in [3.63, 3.8) is 0 Å². The van der Waals surface area contributed by atoms with Crippen LogP contribution in [0.1, 0.15) is 49.9 Å². The molecule has 0 saturated carbocycles. The summed E-state index contributed by atoms with van der Waals surface area (Å²) in [5.74, 6) is 1.05. The Morgan fingerprint density at radius 1 is 0.632 bits per heavy atom. The summed E-state index contributed by atoms with van der Waals surface area (Å²) in [5, 5.41) is 5.77. The Balaban J connectivity index is 0.000000201. The van der Waals surface area contributed by atoms with Crippen LogP contribution in [-0.4, -0.2) is 42.3 Å². The number of aromatic nitrogens is 2. The van der Waals surface area contributed by atoms with Crippen LogP contribution in [0.4, 0.5) is 11.4 Å². The lowest BCUT2D eigenvalue weighted by molar-refractivity contribution is 0.225. The highest BCUT2D eigenvalue weighted by Gasteiger charge is 2.34. The monoisotopic (exact) mass is 1220 g/mol. The van der Waals surface area contributed by atoms with Gasteiger partial charge in [-0.05, 0) is 158 Å². The molecule has 1 N–H and O–H groups in total. The van der Waals surface area contributed by atoms with Gasteiger partial charge in [0.15, 0.2) is 0 Å². The molecular weight excluding hydrogens is 1170 g/mol. The third-order valence-electron chi connectivity index (χ3n) is 10.6. The van der Waals surface area contributed by atoms with Gasteiger partial charge in [0.1, 0.15) is 11.5 Å². The quantitative estimate of drug-likeness (QED) is 0.0653. The molecule has 0 fully saturated rings. The first-order chi connectivity index (χ1) is 32.7. The number of nitrogens with zero attached hydrogens (tertiary/aromatic N) is 3. The number of benzene rings is 6. The molecule has 0 radical (unpaired) electrons. The Kier molecular flexibility index (Phi) is 18.0. The maximum absolute atomic E-state index is 13.4. The lowest BCUT2D eigenvalue weighted by atomic mass is 10.2. The molecule has 1 unspecified atom stereocenters. The first-order valence-electron chi connectivity index (χ1n) is 22.0. The minimum absolute atomic E-state index is 0.272. The number of anilines is 2. The topological polar surface area (TPSA) is 123 Å². The zero-order valence-corrected chi connectivity index (χ0v) is 46.0. The van der Waals surface area contributed by atoms with Gasteiger partial charge in [0.2, 0.25) is 0 Å². The van der Waals surface area contributed by atoms with Crippen molar-refractivity contribution >= 4 is 117 Å². The van der Waals surface area contributed by atoms with Crippen LogP contribution in [0.25, 0.3) is 11.0 Å². The summed E-state index contributed by atoms with van der Waals surface area (Å²) in [6.07, 6.45) is -0.487. The number of rotatable bonds is 18. The summed E-state index contributed by atoms with van der Waals surface area (Å²) in [6, 6.07) is 39.4. The molecule has 2 heterocycles. The number of hydrogen-bond acceptors (Lipinski definition) is 11. The fraction of sp³-hybridized carbons (Fsp3) is 0.260. The van der Waals surface area contributed by atoms with E-state index in [9.17, 15) is 9.13 Å². The molecule has 0 spiro atoms. The van der Waals surface area contributed by atoms with E-state index < -0.39 is 21.5 Å².